The van der Waals surface area contributed by atoms with Crippen molar-refractivity contribution < 1.29 is 1.43 Å². The summed E-state index contributed by atoms with van der Waals surface area (Å²) in [5.41, 5.74) is 0. The second-order valence-corrected chi connectivity index (χ2v) is 9.00. The van der Waals surface area contributed by atoms with Crippen LogP contribution in [0.2, 0.25) is 39.3 Å². The van der Waals surface area contributed by atoms with Gasteiger partial charge in [-0.25, -0.2) is 0 Å². The van der Waals surface area contributed by atoms with E-state index >= 15 is 0 Å². The molecule has 0 aliphatic heterocycles. The molecule has 0 aromatic carbocycles. The van der Waals surface area contributed by atoms with Crippen molar-refractivity contribution >= 4 is 43.8 Å². The zero-order chi connectivity index (χ0) is 7.15. The maximum atomic E-state index is 2.27. The van der Waals surface area contributed by atoms with Gasteiger partial charge in [-0.15, -0.1) is 0 Å². The van der Waals surface area contributed by atoms with Crippen LogP contribution in [-0.2, 0) is 0 Å². The smallest absolute Gasteiger partial charge is 0.0379 e. The Bertz CT molecular complexity index is 31.2. The van der Waals surface area contributed by atoms with Gasteiger partial charge in [0, 0.05) is 45.2 Å². The molecule has 0 aromatic rings. The standard InChI is InChI=1S/2C3H9Si.Bi.H2/c2*1-4(2)3;;/h2*1-3H3;;1H. The molecule has 0 N–H and O–H groups in total. The van der Waals surface area contributed by atoms with Crippen molar-refractivity contribution in [2.75, 3.05) is 0 Å². The molecule has 0 aliphatic carbocycles. The fourth-order valence-corrected chi connectivity index (χ4v) is 0. The van der Waals surface area contributed by atoms with Crippen molar-refractivity contribution in [3.8, 4) is 0 Å². The molecular formula is C6H20BiSi2. The predicted octanol–water partition coefficient (Wildman–Crippen LogP) is 2.61. The maximum Gasteiger partial charge on any atom is 0.0379 e. The molecule has 0 spiro atoms. The van der Waals surface area contributed by atoms with Gasteiger partial charge in [-0.3, -0.25) is 0 Å². The summed E-state index contributed by atoms with van der Waals surface area (Å²) in [6.45, 7) is 13.6. The third-order valence-electron chi connectivity index (χ3n) is 0. The average molecular weight is 357 g/mol. The van der Waals surface area contributed by atoms with Crippen molar-refractivity contribution in [1.82, 2.24) is 0 Å². The minimum Gasteiger partial charge on any atom is -0.0715 e. The fourth-order valence-electron chi connectivity index (χ4n) is 0. The molecule has 0 saturated carbocycles. The van der Waals surface area contributed by atoms with Gasteiger partial charge in [-0.05, 0) is 0 Å². The van der Waals surface area contributed by atoms with Crippen LogP contribution in [0.15, 0.2) is 0 Å². The van der Waals surface area contributed by atoms with Crippen LogP contribution in [0.3, 0.4) is 0 Å². The van der Waals surface area contributed by atoms with Gasteiger partial charge in [-0.2, -0.15) is 0 Å². The Kier molecular flexibility index (Phi) is 22.4. The first-order chi connectivity index (χ1) is 3.46. The predicted molar refractivity (Wildman–Crippen MR) is 54.6 cm³/mol. The molecule has 5 radical (unpaired) electrons. The zero-order valence-corrected chi connectivity index (χ0v) is 12.9. The summed E-state index contributed by atoms with van der Waals surface area (Å²) in [5.74, 6) is 0. The monoisotopic (exact) mass is 357 g/mol. The van der Waals surface area contributed by atoms with Gasteiger partial charge in [0.2, 0.25) is 0 Å². The van der Waals surface area contributed by atoms with Crippen LogP contribution in [0.4, 0.5) is 0 Å². The fraction of sp³-hybridized carbons (Fsp3) is 1.00. The quantitative estimate of drug-likeness (QED) is 0.585. The molecule has 0 heterocycles. The van der Waals surface area contributed by atoms with Gasteiger partial charge >= 0.3 is 0 Å². The molecule has 9 heavy (non-hydrogen) atoms. The van der Waals surface area contributed by atoms with Gasteiger partial charge in [0.25, 0.3) is 0 Å². The van der Waals surface area contributed by atoms with Crippen LogP contribution in [0.1, 0.15) is 1.43 Å². The maximum absolute atomic E-state index is 2.27. The Morgan fingerprint density at radius 2 is 0.667 bits per heavy atom. The van der Waals surface area contributed by atoms with E-state index in [4.69, 9.17) is 0 Å². The number of rotatable bonds is 0. The van der Waals surface area contributed by atoms with Crippen molar-refractivity contribution in [3.05, 3.63) is 0 Å². The Morgan fingerprint density at radius 1 is 0.667 bits per heavy atom. The minimum absolute atomic E-state index is 0. The number of hydrogen-bond donors (Lipinski definition) is 0. The molecule has 0 amide bonds. The summed E-state index contributed by atoms with van der Waals surface area (Å²) < 4.78 is 0. The second-order valence-electron chi connectivity index (χ2n) is 3.00. The van der Waals surface area contributed by atoms with E-state index in [-0.39, 0.29) is 45.2 Å². The van der Waals surface area contributed by atoms with E-state index in [1.165, 1.54) is 0 Å². The van der Waals surface area contributed by atoms with E-state index in [1.54, 1.807) is 0 Å². The van der Waals surface area contributed by atoms with E-state index in [0.29, 0.717) is 0 Å². The van der Waals surface area contributed by atoms with Crippen molar-refractivity contribution in [2.45, 2.75) is 39.3 Å². The van der Waals surface area contributed by atoms with E-state index in [0.717, 1.165) is 0 Å². The summed E-state index contributed by atoms with van der Waals surface area (Å²) in [4.78, 5) is 0. The van der Waals surface area contributed by atoms with Crippen LogP contribution < -0.4 is 0 Å². The molecule has 0 nitrogen and oxygen atoms in total. The van der Waals surface area contributed by atoms with E-state index in [1.807, 2.05) is 0 Å². The molecule has 0 aromatic heterocycles. The molecule has 0 rings (SSSR count). The summed E-state index contributed by atoms with van der Waals surface area (Å²) in [7, 11) is 0.241. The molecule has 57 valence electrons. The van der Waals surface area contributed by atoms with Gasteiger partial charge in [0.15, 0.2) is 0 Å². The van der Waals surface area contributed by atoms with Crippen molar-refractivity contribution in [2.24, 2.45) is 0 Å². The van der Waals surface area contributed by atoms with Crippen molar-refractivity contribution in [1.29, 1.82) is 0 Å². The Hall–Kier alpha value is 1.32. The second kappa shape index (κ2) is 12.0. The number of hydrogen-bond acceptors (Lipinski definition) is 0. The third kappa shape index (κ3) is 288. The first kappa shape index (κ1) is 16.7. The topological polar surface area (TPSA) is 0 Å². The van der Waals surface area contributed by atoms with Crippen LogP contribution in [0.25, 0.3) is 0 Å². The Labute approximate surface area is 84.3 Å². The van der Waals surface area contributed by atoms with Crippen LogP contribution in [-0.4, -0.2) is 43.8 Å². The van der Waals surface area contributed by atoms with Gasteiger partial charge in [0.05, 0.1) is 0 Å². The van der Waals surface area contributed by atoms with Gasteiger partial charge in [-0.1, -0.05) is 39.3 Å². The molecule has 0 saturated heterocycles. The molecule has 0 aliphatic rings. The summed E-state index contributed by atoms with van der Waals surface area (Å²) in [6.07, 6.45) is 0. The third-order valence-corrected chi connectivity index (χ3v) is 0. The van der Waals surface area contributed by atoms with Crippen LogP contribution in [0, 0.1) is 0 Å². The first-order valence-electron chi connectivity index (χ1n) is 3.00. The summed E-state index contributed by atoms with van der Waals surface area (Å²) in [5, 5.41) is 0. The van der Waals surface area contributed by atoms with E-state index in [9.17, 15) is 0 Å². The molecule has 0 bridgehead atoms. The normalized spacial score (nSPS) is 8.00. The molecule has 0 unspecified atom stereocenters. The van der Waals surface area contributed by atoms with Crippen molar-refractivity contribution in [3.63, 3.8) is 0 Å². The summed E-state index contributed by atoms with van der Waals surface area (Å²) >= 11 is 0. The van der Waals surface area contributed by atoms with Gasteiger partial charge in [0.1, 0.15) is 0 Å². The largest absolute Gasteiger partial charge is 0.0715 e. The summed E-state index contributed by atoms with van der Waals surface area (Å²) in [6, 6.07) is 0. The average Bonchev–Trinajstić information content (AvgIpc) is 1.25. The molecule has 0 fully saturated rings. The van der Waals surface area contributed by atoms with Gasteiger partial charge < -0.3 is 0 Å². The Morgan fingerprint density at radius 3 is 0.667 bits per heavy atom. The van der Waals surface area contributed by atoms with E-state index < -0.39 is 0 Å². The molecular weight excluding hydrogens is 337 g/mol. The SMILES string of the molecule is C[Si](C)C.C[Si](C)C.[Bi].[HH]. The van der Waals surface area contributed by atoms with Crippen LogP contribution >= 0.6 is 0 Å². The molecule has 3 heteroatoms. The first-order valence-corrected chi connectivity index (χ1v) is 9.00. The molecule has 0 atom stereocenters. The van der Waals surface area contributed by atoms with E-state index in [2.05, 4.69) is 39.3 Å². The minimum atomic E-state index is 0. The Balaban J connectivity index is -0.0000000300. The van der Waals surface area contributed by atoms with Crippen LogP contribution in [0.5, 0.6) is 0 Å². The zero-order valence-electron chi connectivity index (χ0n) is 7.45.